The summed E-state index contributed by atoms with van der Waals surface area (Å²) in [5.74, 6) is -1.25. The van der Waals surface area contributed by atoms with Gasteiger partial charge in [-0.05, 0) is 58.6 Å². The molecule has 1 heterocycles. The van der Waals surface area contributed by atoms with Gasteiger partial charge in [0, 0.05) is 18.7 Å². The number of non-ortho nitro benzene ring substituents is 1. The van der Waals surface area contributed by atoms with Gasteiger partial charge < -0.3 is 9.47 Å². The molecule has 2 unspecified atom stereocenters. The molecule has 2 rings (SSSR count). The molecular formula is C20H28N2O8S. The summed E-state index contributed by atoms with van der Waals surface area (Å²) >= 11 is 0. The van der Waals surface area contributed by atoms with Gasteiger partial charge in [-0.2, -0.15) is 0 Å². The topological polar surface area (TPSA) is 133 Å². The standard InChI is InChI=1S/C20H28N2O8S/c1-5-29-18(23)17-12-14(10-11-21(17)19(24)30-20(2,3)4)13-31(27,28)16-8-6-15(7-9-16)22(25)26/h6-9,14,17H,5,10-13H2,1-4H3. The second kappa shape index (κ2) is 9.63. The zero-order valence-electron chi connectivity index (χ0n) is 18.1. The highest BCUT2D eigenvalue weighted by atomic mass is 32.2. The van der Waals surface area contributed by atoms with Gasteiger partial charge in [-0.25, -0.2) is 18.0 Å². The molecule has 31 heavy (non-hydrogen) atoms. The number of nitro benzene ring substituents is 1. The monoisotopic (exact) mass is 456 g/mol. The lowest BCUT2D eigenvalue weighted by molar-refractivity contribution is -0.384. The number of benzene rings is 1. The Bertz CT molecular complexity index is 921. The minimum atomic E-state index is -3.74. The normalized spacial score (nSPS) is 19.5. The molecule has 2 atom stereocenters. The fourth-order valence-electron chi connectivity index (χ4n) is 3.37. The predicted molar refractivity (Wildman–Crippen MR) is 111 cm³/mol. The summed E-state index contributed by atoms with van der Waals surface area (Å²) in [7, 11) is -3.74. The Hall–Kier alpha value is -2.69. The van der Waals surface area contributed by atoms with Crippen molar-refractivity contribution in [3.05, 3.63) is 34.4 Å². The van der Waals surface area contributed by atoms with Crippen LogP contribution in [0.1, 0.15) is 40.5 Å². The van der Waals surface area contributed by atoms with Crippen LogP contribution >= 0.6 is 0 Å². The number of rotatable bonds is 6. The van der Waals surface area contributed by atoms with E-state index in [1.807, 2.05) is 0 Å². The zero-order valence-corrected chi connectivity index (χ0v) is 18.9. The molecule has 0 saturated carbocycles. The number of esters is 1. The Morgan fingerprint density at radius 3 is 2.35 bits per heavy atom. The fourth-order valence-corrected chi connectivity index (χ4v) is 5.04. The van der Waals surface area contributed by atoms with Gasteiger partial charge in [0.2, 0.25) is 0 Å². The van der Waals surface area contributed by atoms with Crippen LogP contribution in [-0.4, -0.2) is 60.9 Å². The molecule has 0 aromatic heterocycles. The van der Waals surface area contributed by atoms with Crippen LogP contribution in [0.4, 0.5) is 10.5 Å². The summed E-state index contributed by atoms with van der Waals surface area (Å²) in [4.78, 5) is 36.5. The molecule has 0 N–H and O–H groups in total. The van der Waals surface area contributed by atoms with Crippen LogP contribution in [0.2, 0.25) is 0 Å². The van der Waals surface area contributed by atoms with Crippen molar-refractivity contribution in [2.75, 3.05) is 18.9 Å². The minimum absolute atomic E-state index is 0.0274. The van der Waals surface area contributed by atoms with E-state index in [4.69, 9.17) is 9.47 Å². The molecule has 0 aliphatic carbocycles. The number of nitrogens with zero attached hydrogens (tertiary/aromatic N) is 2. The first-order chi connectivity index (χ1) is 14.3. The van der Waals surface area contributed by atoms with Crippen molar-refractivity contribution in [3.63, 3.8) is 0 Å². The second-order valence-electron chi connectivity index (χ2n) is 8.36. The van der Waals surface area contributed by atoms with Crippen LogP contribution in [0.25, 0.3) is 0 Å². The van der Waals surface area contributed by atoms with E-state index in [1.165, 1.54) is 17.0 Å². The predicted octanol–water partition coefficient (Wildman–Crippen LogP) is 2.95. The van der Waals surface area contributed by atoms with Gasteiger partial charge in [-0.3, -0.25) is 15.0 Å². The van der Waals surface area contributed by atoms with Crippen molar-refractivity contribution < 1.29 is 32.4 Å². The number of nitro groups is 1. The first-order valence-corrected chi connectivity index (χ1v) is 11.6. The van der Waals surface area contributed by atoms with E-state index in [-0.39, 0.29) is 35.9 Å². The summed E-state index contributed by atoms with van der Waals surface area (Å²) < 4.78 is 36.1. The average Bonchev–Trinajstić information content (AvgIpc) is 2.66. The molecule has 1 amide bonds. The summed E-state index contributed by atoms with van der Waals surface area (Å²) in [5.41, 5.74) is -0.946. The number of likely N-dealkylation sites (tertiary alicyclic amines) is 1. The van der Waals surface area contributed by atoms with E-state index in [1.54, 1.807) is 27.7 Å². The van der Waals surface area contributed by atoms with E-state index in [2.05, 4.69) is 0 Å². The van der Waals surface area contributed by atoms with E-state index >= 15 is 0 Å². The number of carbonyl (C=O) groups excluding carboxylic acids is 2. The first-order valence-electron chi connectivity index (χ1n) is 9.97. The van der Waals surface area contributed by atoms with Gasteiger partial charge in [-0.15, -0.1) is 0 Å². The number of carbonyl (C=O) groups is 2. The molecule has 1 saturated heterocycles. The molecular weight excluding hydrogens is 428 g/mol. The zero-order chi connectivity index (χ0) is 23.4. The number of piperidine rings is 1. The summed E-state index contributed by atoms with van der Waals surface area (Å²) in [6.45, 7) is 7.08. The largest absolute Gasteiger partial charge is 0.464 e. The maximum atomic E-state index is 12.8. The Balaban J connectivity index is 2.17. The second-order valence-corrected chi connectivity index (χ2v) is 10.4. The highest BCUT2D eigenvalue weighted by molar-refractivity contribution is 7.91. The maximum absolute atomic E-state index is 12.8. The highest BCUT2D eigenvalue weighted by Gasteiger charge is 2.40. The molecule has 10 nitrogen and oxygen atoms in total. The van der Waals surface area contributed by atoms with Crippen LogP contribution in [0.5, 0.6) is 0 Å². The van der Waals surface area contributed by atoms with Gasteiger partial charge in [0.25, 0.3) is 5.69 Å². The van der Waals surface area contributed by atoms with E-state index in [9.17, 15) is 28.1 Å². The quantitative estimate of drug-likeness (QED) is 0.362. The van der Waals surface area contributed by atoms with Crippen molar-refractivity contribution in [2.24, 2.45) is 5.92 Å². The molecule has 11 heteroatoms. The van der Waals surface area contributed by atoms with Crippen LogP contribution in [0.15, 0.2) is 29.2 Å². The van der Waals surface area contributed by atoms with E-state index < -0.39 is 44.4 Å². The molecule has 0 radical (unpaired) electrons. The average molecular weight is 457 g/mol. The van der Waals surface area contributed by atoms with E-state index in [0.29, 0.717) is 6.42 Å². The molecule has 0 bridgehead atoms. The number of ether oxygens (including phenoxy) is 2. The number of sulfone groups is 1. The molecule has 1 aromatic carbocycles. The van der Waals surface area contributed by atoms with E-state index in [0.717, 1.165) is 12.1 Å². The highest BCUT2D eigenvalue weighted by Crippen LogP contribution is 2.29. The molecule has 1 fully saturated rings. The summed E-state index contributed by atoms with van der Waals surface area (Å²) in [6, 6.07) is 3.73. The Morgan fingerprint density at radius 2 is 1.84 bits per heavy atom. The maximum Gasteiger partial charge on any atom is 0.411 e. The van der Waals surface area contributed by atoms with Crippen molar-refractivity contribution in [3.8, 4) is 0 Å². The smallest absolute Gasteiger partial charge is 0.411 e. The lowest BCUT2D eigenvalue weighted by Crippen LogP contribution is -2.52. The Kier molecular flexibility index (Phi) is 7.63. The summed E-state index contributed by atoms with van der Waals surface area (Å²) in [6.07, 6.45) is -0.173. The lowest BCUT2D eigenvalue weighted by atomic mass is 9.92. The summed E-state index contributed by atoms with van der Waals surface area (Å²) in [5, 5.41) is 10.8. The third kappa shape index (κ3) is 6.65. The van der Waals surface area contributed by atoms with Crippen molar-refractivity contribution in [1.82, 2.24) is 4.90 Å². The van der Waals surface area contributed by atoms with Gasteiger partial charge >= 0.3 is 12.1 Å². The molecule has 172 valence electrons. The minimum Gasteiger partial charge on any atom is -0.464 e. The van der Waals surface area contributed by atoms with Gasteiger partial charge in [-0.1, -0.05) is 0 Å². The van der Waals surface area contributed by atoms with Gasteiger partial charge in [0.05, 0.1) is 22.2 Å². The third-order valence-corrected chi connectivity index (χ3v) is 6.66. The van der Waals surface area contributed by atoms with Crippen LogP contribution < -0.4 is 0 Å². The molecule has 0 spiro atoms. The number of hydrogen-bond acceptors (Lipinski definition) is 8. The van der Waals surface area contributed by atoms with Gasteiger partial charge in [0.15, 0.2) is 9.84 Å². The van der Waals surface area contributed by atoms with Crippen molar-refractivity contribution in [2.45, 2.75) is 57.1 Å². The molecule has 1 aromatic rings. The van der Waals surface area contributed by atoms with Gasteiger partial charge in [0.1, 0.15) is 11.6 Å². The Morgan fingerprint density at radius 1 is 1.23 bits per heavy atom. The molecule has 1 aliphatic heterocycles. The SMILES string of the molecule is CCOC(=O)C1CC(CS(=O)(=O)c2ccc([N+](=O)[O-])cc2)CCN1C(=O)OC(C)(C)C. The first kappa shape index (κ1) is 24.6. The lowest BCUT2D eigenvalue weighted by Gasteiger charge is -2.38. The number of hydrogen-bond donors (Lipinski definition) is 0. The fraction of sp³-hybridized carbons (Fsp3) is 0.600. The van der Waals surface area contributed by atoms with Crippen LogP contribution in [-0.2, 0) is 24.1 Å². The van der Waals surface area contributed by atoms with Crippen molar-refractivity contribution >= 4 is 27.6 Å². The number of amides is 1. The molecule has 1 aliphatic rings. The Labute approximate surface area is 181 Å². The van der Waals surface area contributed by atoms with Crippen molar-refractivity contribution in [1.29, 1.82) is 0 Å². The van der Waals surface area contributed by atoms with Crippen LogP contribution in [0, 0.1) is 16.0 Å². The third-order valence-electron chi connectivity index (χ3n) is 4.76. The van der Waals surface area contributed by atoms with Crippen LogP contribution in [0.3, 0.4) is 0 Å².